The molecule has 6 nitrogen and oxygen atoms in total. The minimum Gasteiger partial charge on any atom is -0.505 e. The van der Waals surface area contributed by atoms with E-state index in [-0.39, 0.29) is 17.7 Å². The predicted octanol–water partition coefficient (Wildman–Crippen LogP) is 4.02. The number of carboxylic acid groups (broad SMARTS) is 1. The first-order valence-corrected chi connectivity index (χ1v) is 9.19. The van der Waals surface area contributed by atoms with Gasteiger partial charge in [-0.3, -0.25) is 14.4 Å². The summed E-state index contributed by atoms with van der Waals surface area (Å²) in [6, 6.07) is 7.53. The van der Waals surface area contributed by atoms with Gasteiger partial charge in [0.2, 0.25) is 0 Å². The molecule has 2 N–H and O–H groups in total. The third-order valence-electron chi connectivity index (χ3n) is 4.36. The molecule has 2 aromatic rings. The fraction of sp³-hybridized carbons (Fsp3) is 0.174. The molecule has 0 bridgehead atoms. The second kappa shape index (κ2) is 10.8. The van der Waals surface area contributed by atoms with E-state index < -0.39 is 47.3 Å². The largest absolute Gasteiger partial charge is 0.505 e. The Morgan fingerprint density at radius 3 is 2.00 bits per heavy atom. The number of halogens is 2. The Morgan fingerprint density at radius 1 is 0.968 bits per heavy atom. The normalized spacial score (nSPS) is 12.2. The van der Waals surface area contributed by atoms with E-state index in [2.05, 4.69) is 0 Å². The molecule has 0 saturated heterocycles. The number of phenols is 1. The highest BCUT2D eigenvalue weighted by atomic mass is 19.1. The number of benzene rings is 2. The Labute approximate surface area is 177 Å². The molecule has 0 aliphatic carbocycles. The Balaban J connectivity index is 2.19. The standard InChI is InChI=1S/C23H20F2O6/c1-31-22-10-5-15(13-18(22)25)3-8-20(27)16(6-11-23(29)30)19(26)7-2-14-4-9-21(28)17(24)12-14/h2-5,7-10,12-13,16,28H,6,11H2,1H3,(H,29,30)/b7-2+,8-3+. The zero-order valence-corrected chi connectivity index (χ0v) is 16.5. The van der Waals surface area contributed by atoms with Crippen LogP contribution in [0, 0.1) is 17.6 Å². The van der Waals surface area contributed by atoms with E-state index >= 15 is 0 Å². The van der Waals surface area contributed by atoms with Crippen molar-refractivity contribution in [3.63, 3.8) is 0 Å². The summed E-state index contributed by atoms with van der Waals surface area (Å²) in [4.78, 5) is 36.0. The number of methoxy groups -OCH3 is 1. The molecule has 1 atom stereocenters. The summed E-state index contributed by atoms with van der Waals surface area (Å²) in [5.74, 6) is -5.76. The minimum atomic E-state index is -1.27. The highest BCUT2D eigenvalue weighted by Crippen LogP contribution is 2.20. The molecule has 0 amide bonds. The van der Waals surface area contributed by atoms with Crippen LogP contribution in [0.1, 0.15) is 24.0 Å². The second-order valence-corrected chi connectivity index (χ2v) is 6.56. The van der Waals surface area contributed by atoms with E-state index in [1.54, 1.807) is 0 Å². The quantitative estimate of drug-likeness (QED) is 0.436. The van der Waals surface area contributed by atoms with Gasteiger partial charge in [-0.1, -0.05) is 24.3 Å². The van der Waals surface area contributed by atoms with Gasteiger partial charge in [-0.15, -0.1) is 0 Å². The number of phenolic OH excluding ortho intramolecular Hbond substituents is 1. The predicted molar refractivity (Wildman–Crippen MR) is 109 cm³/mol. The zero-order valence-electron chi connectivity index (χ0n) is 16.5. The van der Waals surface area contributed by atoms with Crippen molar-refractivity contribution in [2.45, 2.75) is 12.8 Å². The van der Waals surface area contributed by atoms with Crippen molar-refractivity contribution in [2.75, 3.05) is 7.11 Å². The van der Waals surface area contributed by atoms with Crippen LogP contribution in [-0.2, 0) is 14.4 Å². The lowest BCUT2D eigenvalue weighted by Gasteiger charge is -2.09. The maximum absolute atomic E-state index is 13.8. The van der Waals surface area contributed by atoms with Crippen molar-refractivity contribution in [2.24, 2.45) is 5.92 Å². The van der Waals surface area contributed by atoms with Crippen LogP contribution in [0.15, 0.2) is 48.6 Å². The molecule has 2 rings (SSSR count). The van der Waals surface area contributed by atoms with Crippen LogP contribution in [0.25, 0.3) is 12.2 Å². The van der Waals surface area contributed by atoms with Crippen LogP contribution in [-0.4, -0.2) is 34.9 Å². The Morgan fingerprint density at radius 2 is 1.52 bits per heavy atom. The minimum absolute atomic E-state index is 0.0359. The number of ketones is 2. The van der Waals surface area contributed by atoms with Gasteiger partial charge < -0.3 is 14.9 Å². The average Bonchev–Trinajstić information content (AvgIpc) is 2.73. The van der Waals surface area contributed by atoms with Gasteiger partial charge in [0.15, 0.2) is 34.7 Å². The van der Waals surface area contributed by atoms with Gasteiger partial charge in [0.1, 0.15) is 0 Å². The van der Waals surface area contributed by atoms with Gasteiger partial charge in [-0.25, -0.2) is 8.78 Å². The van der Waals surface area contributed by atoms with Gasteiger partial charge in [0.25, 0.3) is 0 Å². The molecular formula is C23H20F2O6. The number of aromatic hydroxyl groups is 1. The van der Waals surface area contributed by atoms with Crippen LogP contribution >= 0.6 is 0 Å². The summed E-state index contributed by atoms with van der Waals surface area (Å²) in [7, 11) is 1.32. The number of ether oxygens (including phenoxy) is 1. The molecule has 0 saturated carbocycles. The molecular weight excluding hydrogens is 410 g/mol. The molecule has 1 unspecified atom stereocenters. The molecule has 2 aromatic carbocycles. The Kier molecular flexibility index (Phi) is 8.19. The molecule has 0 radical (unpaired) electrons. The molecule has 0 aliphatic heterocycles. The Hall–Kier alpha value is -3.81. The van der Waals surface area contributed by atoms with E-state index in [0.29, 0.717) is 5.56 Å². The summed E-state index contributed by atoms with van der Waals surface area (Å²) < 4.78 is 32.0. The first kappa shape index (κ1) is 23.5. The molecule has 0 aliphatic rings. The lowest BCUT2D eigenvalue weighted by Crippen LogP contribution is -2.22. The second-order valence-electron chi connectivity index (χ2n) is 6.56. The topological polar surface area (TPSA) is 101 Å². The summed E-state index contributed by atoms with van der Waals surface area (Å²) in [6.45, 7) is 0. The zero-order chi connectivity index (χ0) is 23.0. The molecule has 31 heavy (non-hydrogen) atoms. The van der Waals surface area contributed by atoms with Gasteiger partial charge in [0.05, 0.1) is 13.0 Å². The fourth-order valence-corrected chi connectivity index (χ4v) is 2.69. The van der Waals surface area contributed by atoms with Crippen LogP contribution in [0.2, 0.25) is 0 Å². The number of allylic oxidation sites excluding steroid dienone is 2. The number of carbonyl (C=O) groups is 3. The fourth-order valence-electron chi connectivity index (χ4n) is 2.69. The van der Waals surface area contributed by atoms with Crippen LogP contribution in [0.3, 0.4) is 0 Å². The molecule has 8 heteroatoms. The van der Waals surface area contributed by atoms with Crippen molar-refractivity contribution >= 4 is 29.7 Å². The number of hydrogen-bond acceptors (Lipinski definition) is 5. The number of carbonyl (C=O) groups excluding carboxylic acids is 2. The summed E-state index contributed by atoms with van der Waals surface area (Å²) in [6.07, 6.45) is 4.06. The van der Waals surface area contributed by atoms with E-state index in [1.165, 1.54) is 37.5 Å². The SMILES string of the molecule is COc1ccc(/C=C/C(=O)C(CCC(=O)O)C(=O)/C=C/c2ccc(O)c(F)c2)cc1F. The van der Waals surface area contributed by atoms with Gasteiger partial charge in [-0.2, -0.15) is 0 Å². The van der Waals surface area contributed by atoms with Crippen molar-refractivity contribution < 1.29 is 38.1 Å². The molecule has 162 valence electrons. The smallest absolute Gasteiger partial charge is 0.303 e. The van der Waals surface area contributed by atoms with Gasteiger partial charge >= 0.3 is 5.97 Å². The van der Waals surface area contributed by atoms with E-state index in [4.69, 9.17) is 9.84 Å². The highest BCUT2D eigenvalue weighted by Gasteiger charge is 2.23. The number of aliphatic carboxylic acids is 1. The number of hydrogen-bond donors (Lipinski definition) is 2. The molecule has 0 aromatic heterocycles. The van der Waals surface area contributed by atoms with Crippen LogP contribution in [0.5, 0.6) is 11.5 Å². The van der Waals surface area contributed by atoms with Crippen molar-refractivity contribution in [3.05, 3.63) is 71.3 Å². The van der Waals surface area contributed by atoms with Gasteiger partial charge in [-0.05, 0) is 54.0 Å². The number of carboxylic acids is 1. The molecule has 0 fully saturated rings. The maximum Gasteiger partial charge on any atom is 0.303 e. The molecule has 0 spiro atoms. The summed E-state index contributed by atoms with van der Waals surface area (Å²) in [5.41, 5.74) is 0.628. The molecule has 0 heterocycles. The van der Waals surface area contributed by atoms with Crippen molar-refractivity contribution in [1.29, 1.82) is 0 Å². The van der Waals surface area contributed by atoms with Crippen LogP contribution in [0.4, 0.5) is 8.78 Å². The third kappa shape index (κ3) is 6.88. The number of rotatable bonds is 10. The van der Waals surface area contributed by atoms with E-state index in [9.17, 15) is 28.3 Å². The summed E-state index contributed by atoms with van der Waals surface area (Å²) >= 11 is 0. The van der Waals surface area contributed by atoms with Crippen LogP contribution < -0.4 is 4.74 Å². The van der Waals surface area contributed by atoms with E-state index in [0.717, 1.165) is 30.4 Å². The van der Waals surface area contributed by atoms with Crippen molar-refractivity contribution in [3.8, 4) is 11.5 Å². The van der Waals surface area contributed by atoms with Gasteiger partial charge in [0, 0.05) is 6.42 Å². The van der Waals surface area contributed by atoms with Crippen molar-refractivity contribution in [1.82, 2.24) is 0 Å². The third-order valence-corrected chi connectivity index (χ3v) is 4.36. The monoisotopic (exact) mass is 430 g/mol. The lowest BCUT2D eigenvalue weighted by molar-refractivity contribution is -0.137. The van der Waals surface area contributed by atoms with E-state index in [1.807, 2.05) is 0 Å². The summed E-state index contributed by atoms with van der Waals surface area (Å²) in [5, 5.41) is 18.1. The average molecular weight is 430 g/mol. The highest BCUT2D eigenvalue weighted by molar-refractivity contribution is 6.13. The Bertz CT molecular complexity index is 1040. The lowest BCUT2D eigenvalue weighted by atomic mass is 9.92. The maximum atomic E-state index is 13.8. The first-order valence-electron chi connectivity index (χ1n) is 9.19. The first-order chi connectivity index (χ1) is 14.7.